The Morgan fingerprint density at radius 3 is 2.87 bits per heavy atom. The van der Waals surface area contributed by atoms with Crippen LogP contribution in [0.25, 0.3) is 6.08 Å². The first kappa shape index (κ1) is 16.5. The second kappa shape index (κ2) is 7.38. The summed E-state index contributed by atoms with van der Waals surface area (Å²) in [5, 5.41) is 30.3. The molecule has 0 saturated carbocycles. The number of hydrogen-bond acceptors (Lipinski definition) is 7. The highest BCUT2D eigenvalue weighted by atomic mass is 32.1. The molecule has 7 nitrogen and oxygen atoms in total. The topological polar surface area (TPSA) is 108 Å². The lowest BCUT2D eigenvalue weighted by atomic mass is 10.1. The Bertz CT molecular complexity index is 792. The largest absolute Gasteiger partial charge is 0.504 e. The fraction of sp³-hybridized carbons (Fsp3) is 0.200. The van der Waals surface area contributed by atoms with E-state index in [1.165, 1.54) is 30.6 Å². The lowest BCUT2D eigenvalue weighted by Gasteiger charge is -2.04. The molecule has 0 fully saturated rings. The van der Waals surface area contributed by atoms with E-state index in [1.807, 2.05) is 13.0 Å². The summed E-state index contributed by atoms with van der Waals surface area (Å²) in [7, 11) is 1.44. The smallest absolute Gasteiger partial charge is 0.268 e. The second-order valence-electron chi connectivity index (χ2n) is 4.41. The molecule has 0 bridgehead atoms. The van der Waals surface area contributed by atoms with Gasteiger partial charge in [-0.15, -0.1) is 10.2 Å². The zero-order chi connectivity index (χ0) is 16.8. The van der Waals surface area contributed by atoms with E-state index in [9.17, 15) is 9.90 Å². The van der Waals surface area contributed by atoms with Crippen molar-refractivity contribution in [1.29, 1.82) is 5.26 Å². The van der Waals surface area contributed by atoms with Crippen molar-refractivity contribution in [2.24, 2.45) is 0 Å². The second-order valence-corrected chi connectivity index (χ2v) is 5.47. The van der Waals surface area contributed by atoms with Crippen molar-refractivity contribution < 1.29 is 14.6 Å². The summed E-state index contributed by atoms with van der Waals surface area (Å²) >= 11 is 1.26. The maximum absolute atomic E-state index is 12.1. The standard InChI is InChI=1S/C15H14N4O3S/c1-3-13-18-19-15(23-13)17-14(21)10(8-16)6-9-4-5-12(22-2)11(20)7-9/h4-7,20H,3H2,1-2H3,(H,17,19,21). The number of methoxy groups -OCH3 is 1. The van der Waals surface area contributed by atoms with Gasteiger partial charge < -0.3 is 9.84 Å². The number of amides is 1. The molecule has 1 amide bonds. The third-order valence-electron chi connectivity index (χ3n) is 2.87. The molecule has 2 N–H and O–H groups in total. The third kappa shape index (κ3) is 4.05. The maximum atomic E-state index is 12.1. The van der Waals surface area contributed by atoms with Gasteiger partial charge in [0.25, 0.3) is 5.91 Å². The number of aromatic nitrogens is 2. The van der Waals surface area contributed by atoms with Crippen LogP contribution in [0, 0.1) is 11.3 Å². The molecule has 118 valence electrons. The molecular weight excluding hydrogens is 316 g/mol. The van der Waals surface area contributed by atoms with Crippen LogP contribution in [0.2, 0.25) is 0 Å². The van der Waals surface area contributed by atoms with E-state index in [0.29, 0.717) is 16.4 Å². The van der Waals surface area contributed by atoms with Crippen LogP contribution < -0.4 is 10.1 Å². The van der Waals surface area contributed by atoms with Gasteiger partial charge in [0.2, 0.25) is 5.13 Å². The molecule has 1 heterocycles. The van der Waals surface area contributed by atoms with Crippen molar-refractivity contribution in [3.63, 3.8) is 0 Å². The third-order valence-corrected chi connectivity index (χ3v) is 3.85. The molecule has 2 aromatic rings. The van der Waals surface area contributed by atoms with Crippen molar-refractivity contribution in [2.75, 3.05) is 12.4 Å². The van der Waals surface area contributed by atoms with E-state index in [0.717, 1.165) is 11.4 Å². The molecule has 0 aliphatic rings. The average Bonchev–Trinajstić information content (AvgIpc) is 3.00. The van der Waals surface area contributed by atoms with Gasteiger partial charge in [0, 0.05) is 0 Å². The van der Waals surface area contributed by atoms with E-state index >= 15 is 0 Å². The minimum absolute atomic E-state index is 0.0735. The van der Waals surface area contributed by atoms with E-state index in [4.69, 9.17) is 10.00 Å². The number of aromatic hydroxyl groups is 1. The SMILES string of the molecule is CCc1nnc(NC(=O)C(C#N)=Cc2ccc(OC)c(O)c2)s1. The number of carbonyl (C=O) groups excluding carboxylic acids is 1. The molecule has 0 atom stereocenters. The number of phenolic OH excluding ortho intramolecular Hbond substituents is 1. The number of nitriles is 1. The lowest BCUT2D eigenvalue weighted by molar-refractivity contribution is -0.112. The summed E-state index contributed by atoms with van der Waals surface area (Å²) in [4.78, 5) is 12.1. The predicted molar refractivity (Wildman–Crippen MR) is 86.2 cm³/mol. The quantitative estimate of drug-likeness (QED) is 0.643. The van der Waals surface area contributed by atoms with Crippen molar-refractivity contribution >= 4 is 28.5 Å². The van der Waals surface area contributed by atoms with Crippen LogP contribution in [0.3, 0.4) is 0 Å². The van der Waals surface area contributed by atoms with Gasteiger partial charge in [-0.2, -0.15) is 5.26 Å². The summed E-state index contributed by atoms with van der Waals surface area (Å²) in [6.07, 6.45) is 2.09. The first-order valence-corrected chi connectivity index (χ1v) is 7.51. The van der Waals surface area contributed by atoms with Gasteiger partial charge >= 0.3 is 0 Å². The van der Waals surface area contributed by atoms with Crippen LogP contribution in [-0.2, 0) is 11.2 Å². The Labute approximate surface area is 136 Å². The number of carbonyl (C=O) groups is 1. The Morgan fingerprint density at radius 2 is 2.30 bits per heavy atom. The minimum atomic E-state index is -0.582. The molecule has 0 radical (unpaired) electrons. The molecule has 1 aromatic carbocycles. The fourth-order valence-corrected chi connectivity index (χ4v) is 2.40. The number of rotatable bonds is 5. The molecule has 1 aromatic heterocycles. The van der Waals surface area contributed by atoms with Crippen molar-refractivity contribution in [3.05, 3.63) is 34.3 Å². The van der Waals surface area contributed by atoms with Gasteiger partial charge in [-0.1, -0.05) is 24.3 Å². The maximum Gasteiger partial charge on any atom is 0.268 e. The Hall–Kier alpha value is -2.92. The number of phenols is 1. The Kier molecular flexibility index (Phi) is 5.28. The van der Waals surface area contributed by atoms with Crippen LogP contribution >= 0.6 is 11.3 Å². The normalized spacial score (nSPS) is 10.9. The number of anilines is 1. The van der Waals surface area contributed by atoms with E-state index in [-0.39, 0.29) is 11.3 Å². The molecule has 8 heteroatoms. The summed E-state index contributed by atoms with van der Waals surface area (Å²) in [5.41, 5.74) is 0.393. The minimum Gasteiger partial charge on any atom is -0.504 e. The highest BCUT2D eigenvalue weighted by Gasteiger charge is 2.13. The number of nitrogens with zero attached hydrogens (tertiary/aromatic N) is 3. The Balaban J connectivity index is 2.19. The fourth-order valence-electron chi connectivity index (χ4n) is 1.72. The van der Waals surface area contributed by atoms with E-state index in [2.05, 4.69) is 15.5 Å². The van der Waals surface area contributed by atoms with Crippen LogP contribution in [0.4, 0.5) is 5.13 Å². The highest BCUT2D eigenvalue weighted by molar-refractivity contribution is 7.15. The number of nitrogens with one attached hydrogen (secondary N) is 1. The summed E-state index contributed by atoms with van der Waals surface area (Å²) in [6, 6.07) is 6.41. The predicted octanol–water partition coefficient (Wildman–Crippen LogP) is 2.36. The van der Waals surface area contributed by atoms with Gasteiger partial charge in [0.15, 0.2) is 11.5 Å². The summed E-state index contributed by atoms with van der Waals surface area (Å²) < 4.78 is 4.94. The lowest BCUT2D eigenvalue weighted by Crippen LogP contribution is -2.13. The number of hydrogen-bond donors (Lipinski definition) is 2. The summed E-state index contributed by atoms with van der Waals surface area (Å²) in [5.74, 6) is -0.344. The molecule has 0 saturated heterocycles. The van der Waals surface area contributed by atoms with Crippen LogP contribution in [0.1, 0.15) is 17.5 Å². The average molecular weight is 330 g/mol. The highest BCUT2D eigenvalue weighted by Crippen LogP contribution is 2.27. The van der Waals surface area contributed by atoms with Gasteiger partial charge in [-0.3, -0.25) is 10.1 Å². The van der Waals surface area contributed by atoms with E-state index < -0.39 is 5.91 Å². The van der Waals surface area contributed by atoms with Gasteiger partial charge in [0.05, 0.1) is 7.11 Å². The summed E-state index contributed by atoms with van der Waals surface area (Å²) in [6.45, 7) is 1.93. The van der Waals surface area contributed by atoms with Crippen LogP contribution in [-0.4, -0.2) is 28.3 Å². The molecule has 0 aliphatic carbocycles. The molecule has 0 unspecified atom stereocenters. The van der Waals surface area contributed by atoms with Crippen LogP contribution in [0.5, 0.6) is 11.5 Å². The monoisotopic (exact) mass is 330 g/mol. The van der Waals surface area contributed by atoms with Gasteiger partial charge in [-0.05, 0) is 30.2 Å². The van der Waals surface area contributed by atoms with Gasteiger partial charge in [-0.25, -0.2) is 0 Å². The molecule has 0 spiro atoms. The van der Waals surface area contributed by atoms with Crippen molar-refractivity contribution in [1.82, 2.24) is 10.2 Å². The molecular formula is C15H14N4O3S. The van der Waals surface area contributed by atoms with Crippen molar-refractivity contribution in [3.8, 4) is 17.6 Å². The zero-order valence-electron chi connectivity index (χ0n) is 12.5. The van der Waals surface area contributed by atoms with Gasteiger partial charge in [0.1, 0.15) is 16.6 Å². The number of aryl methyl sites for hydroxylation is 1. The first-order valence-electron chi connectivity index (χ1n) is 6.70. The van der Waals surface area contributed by atoms with Crippen molar-refractivity contribution in [2.45, 2.75) is 13.3 Å². The first-order chi connectivity index (χ1) is 11.1. The zero-order valence-corrected chi connectivity index (χ0v) is 13.3. The van der Waals surface area contributed by atoms with Crippen LogP contribution in [0.15, 0.2) is 23.8 Å². The molecule has 23 heavy (non-hydrogen) atoms. The van der Waals surface area contributed by atoms with E-state index in [1.54, 1.807) is 12.1 Å². The molecule has 2 rings (SSSR count). The molecule has 0 aliphatic heterocycles. The number of benzene rings is 1. The Morgan fingerprint density at radius 1 is 1.52 bits per heavy atom. The number of ether oxygens (including phenoxy) is 1.